The van der Waals surface area contributed by atoms with E-state index in [-0.39, 0.29) is 31.1 Å². The molecular formula is C74H134O6. The number of carbonyl (C=O) groups is 3. The quantitative estimate of drug-likeness (QED) is 0.0261. The summed E-state index contributed by atoms with van der Waals surface area (Å²) in [5.74, 6) is -0.858. The molecule has 80 heavy (non-hydrogen) atoms. The standard InChI is InChI=1S/C74H134O6/c1-4-7-10-13-16-19-22-25-28-31-32-33-34-35-36-37-38-39-40-41-42-44-46-49-52-55-58-61-64-67-73(76)79-70-71(69-78-72(75)66-63-60-57-54-51-48-45-30-27-24-21-18-15-12-9-6-3)80-74(77)68-65-62-59-56-53-50-47-43-29-26-23-20-17-14-11-8-5-2/h8,11,17,20,22,25-26,29,31-32,71H,4-7,9-10,12-16,18-19,21,23-24,27-28,30,33-70H2,1-3H3/b11-8-,20-17-,25-22-,29-26-,32-31-. The molecule has 0 heterocycles. The molecule has 0 rings (SSSR count). The van der Waals surface area contributed by atoms with E-state index in [0.29, 0.717) is 19.3 Å². The molecule has 0 saturated carbocycles. The second-order valence-electron chi connectivity index (χ2n) is 23.8. The normalized spacial score (nSPS) is 12.4. The largest absolute Gasteiger partial charge is 0.462 e. The van der Waals surface area contributed by atoms with Gasteiger partial charge in [0, 0.05) is 19.3 Å². The minimum atomic E-state index is -0.778. The average molecular weight is 1120 g/mol. The lowest BCUT2D eigenvalue weighted by atomic mass is 10.0. The Morgan fingerprint density at radius 2 is 0.487 bits per heavy atom. The highest BCUT2D eigenvalue weighted by Crippen LogP contribution is 2.18. The molecule has 0 fully saturated rings. The monoisotopic (exact) mass is 1120 g/mol. The van der Waals surface area contributed by atoms with Gasteiger partial charge in [0.15, 0.2) is 6.10 Å². The summed E-state index contributed by atoms with van der Waals surface area (Å²) in [4.78, 5) is 38.4. The summed E-state index contributed by atoms with van der Waals surface area (Å²) in [6, 6.07) is 0. The van der Waals surface area contributed by atoms with Crippen molar-refractivity contribution in [2.45, 2.75) is 380 Å². The fraction of sp³-hybridized carbons (Fsp3) is 0.824. The maximum atomic E-state index is 12.9. The Kier molecular flexibility index (Phi) is 66.1. The van der Waals surface area contributed by atoms with Crippen molar-refractivity contribution in [1.82, 2.24) is 0 Å². The zero-order chi connectivity index (χ0) is 57.8. The molecule has 0 amide bonds. The Bertz CT molecular complexity index is 1430. The maximum absolute atomic E-state index is 12.9. The minimum Gasteiger partial charge on any atom is -0.462 e. The first-order valence-electron chi connectivity index (χ1n) is 35.3. The first-order chi connectivity index (χ1) is 39.5. The van der Waals surface area contributed by atoms with Crippen LogP contribution in [0.15, 0.2) is 60.8 Å². The minimum absolute atomic E-state index is 0.0734. The summed E-state index contributed by atoms with van der Waals surface area (Å²) < 4.78 is 17.0. The van der Waals surface area contributed by atoms with Crippen LogP contribution in [0.5, 0.6) is 0 Å². The molecule has 0 spiro atoms. The van der Waals surface area contributed by atoms with Crippen molar-refractivity contribution in [3.05, 3.63) is 60.8 Å². The van der Waals surface area contributed by atoms with E-state index >= 15 is 0 Å². The average Bonchev–Trinajstić information content (AvgIpc) is 3.46. The van der Waals surface area contributed by atoms with Crippen LogP contribution in [-0.4, -0.2) is 37.2 Å². The van der Waals surface area contributed by atoms with Crippen LogP contribution in [0.25, 0.3) is 0 Å². The predicted molar refractivity (Wildman–Crippen MR) is 348 cm³/mol. The molecule has 0 radical (unpaired) electrons. The van der Waals surface area contributed by atoms with Gasteiger partial charge in [-0.2, -0.15) is 0 Å². The molecule has 0 aliphatic carbocycles. The van der Waals surface area contributed by atoms with Gasteiger partial charge in [-0.05, 0) is 83.5 Å². The predicted octanol–water partition coefficient (Wildman–Crippen LogP) is 24.3. The van der Waals surface area contributed by atoms with Gasteiger partial charge in [-0.3, -0.25) is 14.4 Å². The molecule has 1 unspecified atom stereocenters. The number of hydrogen-bond acceptors (Lipinski definition) is 6. The Hall–Kier alpha value is -2.89. The van der Waals surface area contributed by atoms with E-state index in [1.54, 1.807) is 0 Å². The lowest BCUT2D eigenvalue weighted by molar-refractivity contribution is -0.167. The van der Waals surface area contributed by atoms with Crippen LogP contribution in [0.3, 0.4) is 0 Å². The number of hydrogen-bond donors (Lipinski definition) is 0. The first-order valence-corrected chi connectivity index (χ1v) is 35.3. The van der Waals surface area contributed by atoms with E-state index in [1.165, 1.54) is 244 Å². The second-order valence-corrected chi connectivity index (χ2v) is 23.8. The fourth-order valence-electron chi connectivity index (χ4n) is 10.5. The van der Waals surface area contributed by atoms with Gasteiger partial charge in [-0.25, -0.2) is 0 Å². The molecule has 0 aromatic carbocycles. The molecular weight excluding hydrogens is 985 g/mol. The highest BCUT2D eigenvalue weighted by molar-refractivity contribution is 5.71. The van der Waals surface area contributed by atoms with E-state index in [4.69, 9.17) is 14.2 Å². The van der Waals surface area contributed by atoms with Gasteiger partial charge in [-0.1, -0.05) is 332 Å². The molecule has 1 atom stereocenters. The fourth-order valence-corrected chi connectivity index (χ4v) is 10.5. The van der Waals surface area contributed by atoms with Crippen molar-refractivity contribution < 1.29 is 28.6 Å². The molecule has 0 saturated heterocycles. The van der Waals surface area contributed by atoms with Gasteiger partial charge < -0.3 is 14.2 Å². The second kappa shape index (κ2) is 68.6. The third kappa shape index (κ3) is 65.9. The van der Waals surface area contributed by atoms with Crippen LogP contribution in [0, 0.1) is 0 Å². The lowest BCUT2D eigenvalue weighted by Crippen LogP contribution is -2.30. The van der Waals surface area contributed by atoms with E-state index in [2.05, 4.69) is 81.5 Å². The number of unbranched alkanes of at least 4 members (excludes halogenated alkanes) is 44. The van der Waals surface area contributed by atoms with Crippen molar-refractivity contribution >= 4 is 17.9 Å². The van der Waals surface area contributed by atoms with Gasteiger partial charge >= 0.3 is 17.9 Å². The Balaban J connectivity index is 4.23. The summed E-state index contributed by atoms with van der Waals surface area (Å²) in [6.45, 7) is 6.58. The molecule has 0 bridgehead atoms. The van der Waals surface area contributed by atoms with E-state index in [9.17, 15) is 14.4 Å². The highest BCUT2D eigenvalue weighted by atomic mass is 16.6. The van der Waals surface area contributed by atoms with Crippen LogP contribution in [-0.2, 0) is 28.6 Å². The van der Waals surface area contributed by atoms with Gasteiger partial charge in [-0.15, -0.1) is 0 Å². The molecule has 466 valence electrons. The number of carbonyl (C=O) groups excluding carboxylic acids is 3. The van der Waals surface area contributed by atoms with Crippen LogP contribution in [0.1, 0.15) is 374 Å². The summed E-state index contributed by atoms with van der Waals surface area (Å²) in [7, 11) is 0. The van der Waals surface area contributed by atoms with Gasteiger partial charge in [0.1, 0.15) is 13.2 Å². The van der Waals surface area contributed by atoms with E-state index < -0.39 is 6.10 Å². The third-order valence-corrected chi connectivity index (χ3v) is 15.8. The van der Waals surface area contributed by atoms with Crippen molar-refractivity contribution in [3.63, 3.8) is 0 Å². The molecule has 0 N–H and O–H groups in total. The SMILES string of the molecule is CC/C=C\C/C=C\C/C=C\CCCCCCCCCC(=O)OC(COC(=O)CCCCCCCCCCCCCCCCCC)COC(=O)CCCCCCCCCCCCCCCCCCC/C=C\C/C=C\CCCCCCC. The number of ether oxygens (including phenoxy) is 3. The molecule has 0 aromatic rings. The lowest BCUT2D eigenvalue weighted by Gasteiger charge is -2.18. The van der Waals surface area contributed by atoms with Gasteiger partial charge in [0.2, 0.25) is 0 Å². The summed E-state index contributed by atoms with van der Waals surface area (Å²) in [6.07, 6.45) is 88.2. The van der Waals surface area contributed by atoms with Crippen molar-refractivity contribution in [3.8, 4) is 0 Å². The zero-order valence-electron chi connectivity index (χ0n) is 53.6. The molecule has 6 nitrogen and oxygen atoms in total. The summed E-state index contributed by atoms with van der Waals surface area (Å²) in [5, 5.41) is 0. The Labute approximate surface area is 498 Å². The van der Waals surface area contributed by atoms with Crippen molar-refractivity contribution in [1.29, 1.82) is 0 Å². The third-order valence-electron chi connectivity index (χ3n) is 15.8. The summed E-state index contributed by atoms with van der Waals surface area (Å²) in [5.41, 5.74) is 0. The number of allylic oxidation sites excluding steroid dienone is 10. The Morgan fingerprint density at radius 3 is 0.762 bits per heavy atom. The first kappa shape index (κ1) is 77.1. The highest BCUT2D eigenvalue weighted by Gasteiger charge is 2.19. The van der Waals surface area contributed by atoms with Crippen molar-refractivity contribution in [2.75, 3.05) is 13.2 Å². The van der Waals surface area contributed by atoms with Crippen LogP contribution in [0.2, 0.25) is 0 Å². The zero-order valence-corrected chi connectivity index (χ0v) is 53.6. The number of rotatable bonds is 65. The van der Waals surface area contributed by atoms with E-state index in [1.807, 2.05) is 0 Å². The maximum Gasteiger partial charge on any atom is 0.306 e. The van der Waals surface area contributed by atoms with Gasteiger partial charge in [0.25, 0.3) is 0 Å². The van der Waals surface area contributed by atoms with Crippen LogP contribution >= 0.6 is 0 Å². The molecule has 0 aliphatic rings. The van der Waals surface area contributed by atoms with Crippen molar-refractivity contribution in [2.24, 2.45) is 0 Å². The Morgan fingerprint density at radius 1 is 0.263 bits per heavy atom. The molecule has 6 heteroatoms. The van der Waals surface area contributed by atoms with Gasteiger partial charge in [0.05, 0.1) is 0 Å². The number of esters is 3. The van der Waals surface area contributed by atoms with Crippen LogP contribution in [0.4, 0.5) is 0 Å². The van der Waals surface area contributed by atoms with Crippen LogP contribution < -0.4 is 0 Å². The molecule has 0 aromatic heterocycles. The van der Waals surface area contributed by atoms with E-state index in [0.717, 1.165) is 89.9 Å². The summed E-state index contributed by atoms with van der Waals surface area (Å²) >= 11 is 0. The molecule has 0 aliphatic heterocycles. The smallest absolute Gasteiger partial charge is 0.306 e. The topological polar surface area (TPSA) is 78.9 Å².